The van der Waals surface area contributed by atoms with Gasteiger partial charge in [-0.25, -0.2) is 0 Å². The van der Waals surface area contributed by atoms with Gasteiger partial charge >= 0.3 is 0 Å². The smallest absolute Gasteiger partial charge is 0.232 e. The monoisotopic (exact) mass is 346 g/mol. The summed E-state index contributed by atoms with van der Waals surface area (Å²) >= 11 is 0. The Morgan fingerprint density at radius 1 is 0.680 bits per heavy atom. The molecule has 4 heteroatoms. The highest BCUT2D eigenvalue weighted by Crippen LogP contribution is 2.37. The molecule has 4 atom stereocenters. The van der Waals surface area contributed by atoms with Crippen molar-refractivity contribution in [2.24, 2.45) is 17.8 Å². The Hall–Kier alpha value is -1.06. The zero-order valence-corrected chi connectivity index (χ0v) is 15.6. The molecule has 4 unspecified atom stereocenters. The van der Waals surface area contributed by atoms with E-state index < -0.39 is 0 Å². The predicted molar refractivity (Wildman–Crippen MR) is 98.0 cm³/mol. The molecule has 0 spiro atoms. The number of hydrogen-bond donors (Lipinski definition) is 0. The summed E-state index contributed by atoms with van der Waals surface area (Å²) in [6.07, 6.45) is 14.0. The van der Waals surface area contributed by atoms with E-state index in [1.54, 1.807) is 0 Å². The zero-order chi connectivity index (χ0) is 17.2. The van der Waals surface area contributed by atoms with Gasteiger partial charge in [-0.3, -0.25) is 9.59 Å². The van der Waals surface area contributed by atoms with Gasteiger partial charge in [-0.2, -0.15) is 0 Å². The van der Waals surface area contributed by atoms with Gasteiger partial charge in [0.25, 0.3) is 0 Å². The average molecular weight is 347 g/mol. The van der Waals surface area contributed by atoms with Gasteiger partial charge in [-0.15, -0.1) is 0 Å². The van der Waals surface area contributed by atoms with Crippen molar-refractivity contribution in [3.63, 3.8) is 0 Å². The number of fused-ring (bicyclic) bond motifs is 2. The Balaban J connectivity index is 1.33. The summed E-state index contributed by atoms with van der Waals surface area (Å²) in [7, 11) is 0. The summed E-state index contributed by atoms with van der Waals surface area (Å²) < 4.78 is 0. The fourth-order valence-electron chi connectivity index (χ4n) is 6.10. The van der Waals surface area contributed by atoms with Gasteiger partial charge in [0.05, 0.1) is 0 Å². The molecule has 0 bridgehead atoms. The van der Waals surface area contributed by atoms with Gasteiger partial charge in [0.2, 0.25) is 11.8 Å². The van der Waals surface area contributed by atoms with Crippen LogP contribution < -0.4 is 0 Å². The summed E-state index contributed by atoms with van der Waals surface area (Å²) in [5.41, 5.74) is 0. The molecule has 25 heavy (non-hydrogen) atoms. The minimum Gasteiger partial charge on any atom is -0.342 e. The molecule has 2 aliphatic carbocycles. The molecular weight excluding hydrogens is 312 g/mol. The maximum Gasteiger partial charge on any atom is 0.232 e. The number of rotatable bonds is 2. The second kappa shape index (κ2) is 7.67. The van der Waals surface area contributed by atoms with Gasteiger partial charge in [0.1, 0.15) is 6.42 Å². The summed E-state index contributed by atoms with van der Waals surface area (Å²) in [6, 6.07) is 0.423. The van der Waals surface area contributed by atoms with Crippen molar-refractivity contribution < 1.29 is 9.59 Å². The first-order valence-corrected chi connectivity index (χ1v) is 10.8. The van der Waals surface area contributed by atoms with E-state index in [-0.39, 0.29) is 18.2 Å². The summed E-state index contributed by atoms with van der Waals surface area (Å²) in [4.78, 5) is 29.7. The van der Waals surface area contributed by atoms with E-state index in [0.29, 0.717) is 17.9 Å². The lowest BCUT2D eigenvalue weighted by atomic mass is 9.75. The zero-order valence-electron chi connectivity index (χ0n) is 15.6. The topological polar surface area (TPSA) is 40.6 Å². The third-order valence-corrected chi connectivity index (χ3v) is 7.51. The van der Waals surface area contributed by atoms with Gasteiger partial charge < -0.3 is 9.80 Å². The van der Waals surface area contributed by atoms with Crippen LogP contribution in [-0.2, 0) is 9.59 Å². The predicted octanol–water partition coefficient (Wildman–Crippen LogP) is 3.60. The molecule has 2 aliphatic heterocycles. The first-order valence-electron chi connectivity index (χ1n) is 10.8. The number of carbonyl (C=O) groups excluding carboxylic acids is 2. The lowest BCUT2D eigenvalue weighted by molar-refractivity contribution is -0.145. The van der Waals surface area contributed by atoms with E-state index in [0.717, 1.165) is 44.8 Å². The van der Waals surface area contributed by atoms with E-state index in [1.807, 2.05) is 4.90 Å². The summed E-state index contributed by atoms with van der Waals surface area (Å²) in [5.74, 6) is 2.41. The number of amides is 2. The van der Waals surface area contributed by atoms with Crippen LogP contribution in [0.5, 0.6) is 0 Å². The second-order valence-electron chi connectivity index (χ2n) is 8.95. The molecule has 0 N–H and O–H groups in total. The van der Waals surface area contributed by atoms with Gasteiger partial charge in [0.15, 0.2) is 0 Å². The van der Waals surface area contributed by atoms with Crippen molar-refractivity contribution in [1.82, 2.24) is 9.80 Å². The molecule has 2 saturated carbocycles. The molecule has 2 amide bonds. The molecule has 2 saturated heterocycles. The van der Waals surface area contributed by atoms with Crippen LogP contribution >= 0.6 is 0 Å². The average Bonchev–Trinajstić information content (AvgIpc) is 2.67. The first-order chi connectivity index (χ1) is 12.2. The van der Waals surface area contributed by atoms with Crippen molar-refractivity contribution in [2.75, 3.05) is 19.6 Å². The highest BCUT2D eigenvalue weighted by molar-refractivity contribution is 5.97. The molecule has 0 radical (unpaired) electrons. The van der Waals surface area contributed by atoms with Crippen molar-refractivity contribution in [3.8, 4) is 0 Å². The Kier molecular flexibility index (Phi) is 5.33. The van der Waals surface area contributed by atoms with E-state index in [2.05, 4.69) is 4.90 Å². The Labute approximate surface area is 152 Å². The van der Waals surface area contributed by atoms with Crippen LogP contribution in [0.15, 0.2) is 0 Å². The summed E-state index contributed by atoms with van der Waals surface area (Å²) in [5, 5.41) is 0. The van der Waals surface area contributed by atoms with Crippen molar-refractivity contribution >= 4 is 11.8 Å². The maximum atomic E-state index is 12.9. The summed E-state index contributed by atoms with van der Waals surface area (Å²) in [6.45, 7) is 2.65. The number of likely N-dealkylation sites (tertiary alicyclic amines) is 2. The molecule has 0 aromatic rings. The highest BCUT2D eigenvalue weighted by Gasteiger charge is 2.38. The molecule has 4 rings (SSSR count). The lowest BCUT2D eigenvalue weighted by Gasteiger charge is -2.44. The van der Waals surface area contributed by atoms with Crippen LogP contribution in [0.4, 0.5) is 0 Å². The minimum atomic E-state index is 0.0898. The van der Waals surface area contributed by atoms with Crippen LogP contribution in [0.25, 0.3) is 0 Å². The van der Waals surface area contributed by atoms with Crippen LogP contribution in [-0.4, -0.2) is 47.3 Å². The number of carbonyl (C=O) groups is 2. The van der Waals surface area contributed by atoms with Crippen molar-refractivity contribution in [2.45, 2.75) is 83.1 Å². The van der Waals surface area contributed by atoms with E-state index in [9.17, 15) is 9.59 Å². The van der Waals surface area contributed by atoms with E-state index >= 15 is 0 Å². The largest absolute Gasteiger partial charge is 0.342 e. The third kappa shape index (κ3) is 3.73. The molecule has 140 valence electrons. The van der Waals surface area contributed by atoms with Crippen LogP contribution in [0.1, 0.15) is 77.0 Å². The minimum absolute atomic E-state index is 0.0898. The Morgan fingerprint density at radius 3 is 2.20 bits per heavy atom. The molecule has 0 aromatic heterocycles. The Morgan fingerprint density at radius 2 is 1.36 bits per heavy atom. The van der Waals surface area contributed by atoms with E-state index in [1.165, 1.54) is 51.4 Å². The SMILES string of the molecule is O=C(CC(=O)N1CCCC2CCCCC21)N1CCC2CCCCC2C1. The first kappa shape index (κ1) is 17.4. The van der Waals surface area contributed by atoms with Gasteiger partial charge in [0, 0.05) is 25.7 Å². The van der Waals surface area contributed by atoms with Gasteiger partial charge in [-0.05, 0) is 56.3 Å². The fraction of sp³-hybridized carbons (Fsp3) is 0.905. The Bertz CT molecular complexity index is 504. The molecule has 2 heterocycles. The molecule has 0 aromatic carbocycles. The number of hydrogen-bond acceptors (Lipinski definition) is 2. The third-order valence-electron chi connectivity index (χ3n) is 7.51. The number of nitrogens with zero attached hydrogens (tertiary/aromatic N) is 2. The van der Waals surface area contributed by atoms with E-state index in [4.69, 9.17) is 0 Å². The van der Waals surface area contributed by atoms with Crippen LogP contribution in [0.3, 0.4) is 0 Å². The van der Waals surface area contributed by atoms with Crippen molar-refractivity contribution in [1.29, 1.82) is 0 Å². The van der Waals surface area contributed by atoms with Crippen LogP contribution in [0.2, 0.25) is 0 Å². The maximum absolute atomic E-state index is 12.9. The normalized spacial score (nSPS) is 35.7. The molecule has 4 fully saturated rings. The number of piperidine rings is 2. The molecular formula is C21H34N2O2. The second-order valence-corrected chi connectivity index (χ2v) is 8.95. The van der Waals surface area contributed by atoms with Crippen molar-refractivity contribution in [3.05, 3.63) is 0 Å². The van der Waals surface area contributed by atoms with Gasteiger partial charge in [-0.1, -0.05) is 32.1 Å². The quantitative estimate of drug-likeness (QED) is 0.717. The highest BCUT2D eigenvalue weighted by atomic mass is 16.2. The fourth-order valence-corrected chi connectivity index (χ4v) is 6.10. The molecule has 4 aliphatic rings. The van der Waals surface area contributed by atoms with Crippen LogP contribution in [0, 0.1) is 17.8 Å². The lowest BCUT2D eigenvalue weighted by Crippen LogP contribution is -2.51. The standard InChI is InChI=1S/C21H34N2O2/c24-20(22-13-11-16-6-1-2-8-18(16)15-22)14-21(25)23-12-5-9-17-7-3-4-10-19(17)23/h16-19H,1-15H2. The molecule has 4 nitrogen and oxygen atoms in total.